The van der Waals surface area contributed by atoms with E-state index in [1.54, 1.807) is 30.7 Å². The number of nitrogens with zero attached hydrogens (tertiary/aromatic N) is 2. The minimum atomic E-state index is 0.308. The van der Waals surface area contributed by atoms with Gasteiger partial charge in [-0.15, -0.1) is 0 Å². The van der Waals surface area contributed by atoms with Gasteiger partial charge in [-0.2, -0.15) is 0 Å². The van der Waals surface area contributed by atoms with Crippen molar-refractivity contribution in [3.05, 3.63) is 48.3 Å². The van der Waals surface area contributed by atoms with Gasteiger partial charge in [-0.1, -0.05) is 11.6 Å². The van der Waals surface area contributed by atoms with Crippen LogP contribution in [-0.4, -0.2) is 9.97 Å². The van der Waals surface area contributed by atoms with Crippen LogP contribution in [0.25, 0.3) is 33.9 Å². The van der Waals surface area contributed by atoms with Crippen LogP contribution in [0.1, 0.15) is 0 Å². The van der Waals surface area contributed by atoms with Gasteiger partial charge in [-0.3, -0.25) is 0 Å². The molecule has 0 aliphatic heterocycles. The second-order valence-electron chi connectivity index (χ2n) is 4.11. The second kappa shape index (κ2) is 4.25. The van der Waals surface area contributed by atoms with Crippen molar-refractivity contribution in [2.75, 3.05) is 0 Å². The summed E-state index contributed by atoms with van der Waals surface area (Å²) in [5.74, 6) is 1.71. The van der Waals surface area contributed by atoms with Crippen molar-refractivity contribution in [3.8, 4) is 22.8 Å². The predicted octanol–water partition coefficient (Wildman–Crippen LogP) is 4.40. The molecule has 4 rings (SSSR count). The molecule has 0 bridgehead atoms. The number of hydrogen-bond acceptors (Lipinski definition) is 5. The molecule has 0 saturated carbocycles. The van der Waals surface area contributed by atoms with Gasteiger partial charge in [0, 0.05) is 0 Å². The topological polar surface area (TPSA) is 65.2 Å². The van der Waals surface area contributed by atoms with Gasteiger partial charge in [0.15, 0.2) is 11.5 Å². The third-order valence-corrected chi connectivity index (χ3v) is 3.24. The minimum Gasteiger partial charge on any atom is -0.464 e. The summed E-state index contributed by atoms with van der Waals surface area (Å²) < 4.78 is 16.6. The van der Waals surface area contributed by atoms with E-state index < -0.39 is 0 Å². The monoisotopic (exact) mass is 286 g/mol. The smallest absolute Gasteiger partial charge is 0.232 e. The second-order valence-corrected chi connectivity index (χ2v) is 4.46. The van der Waals surface area contributed by atoms with Crippen LogP contribution < -0.4 is 0 Å². The van der Waals surface area contributed by atoms with Crippen molar-refractivity contribution in [3.63, 3.8) is 0 Å². The predicted molar refractivity (Wildman–Crippen MR) is 72.2 cm³/mol. The van der Waals surface area contributed by atoms with Crippen LogP contribution in [-0.2, 0) is 0 Å². The molecule has 0 fully saturated rings. The Morgan fingerprint density at radius 1 is 0.950 bits per heavy atom. The van der Waals surface area contributed by atoms with Crippen LogP contribution in [0, 0.1) is 0 Å². The lowest BCUT2D eigenvalue weighted by atomic mass is 10.1. The first kappa shape index (κ1) is 11.3. The molecule has 5 nitrogen and oxygen atoms in total. The molecule has 4 heterocycles. The fourth-order valence-corrected chi connectivity index (χ4v) is 2.35. The molecule has 0 saturated heterocycles. The van der Waals surface area contributed by atoms with Crippen molar-refractivity contribution in [2.24, 2.45) is 0 Å². The molecule has 0 N–H and O–H groups in total. The van der Waals surface area contributed by atoms with E-state index in [4.69, 9.17) is 24.9 Å². The highest BCUT2D eigenvalue weighted by atomic mass is 35.5. The van der Waals surface area contributed by atoms with Crippen molar-refractivity contribution >= 4 is 22.7 Å². The van der Waals surface area contributed by atoms with Gasteiger partial charge in [0.05, 0.1) is 23.5 Å². The molecule has 0 aliphatic rings. The molecule has 0 spiro atoms. The quantitative estimate of drug-likeness (QED) is 0.511. The zero-order valence-electron chi connectivity index (χ0n) is 10.0. The molecule has 0 aliphatic carbocycles. The maximum Gasteiger partial charge on any atom is 0.232 e. The van der Waals surface area contributed by atoms with Gasteiger partial charge in [0.25, 0.3) is 0 Å². The SMILES string of the molecule is Clc1ncnc2oc(-c3ccco3)c(-c3ccco3)c12. The number of hydrogen-bond donors (Lipinski definition) is 0. The van der Waals surface area contributed by atoms with E-state index in [2.05, 4.69) is 9.97 Å². The van der Waals surface area contributed by atoms with Crippen molar-refractivity contribution in [1.82, 2.24) is 9.97 Å². The first-order valence-corrected chi connectivity index (χ1v) is 6.23. The summed E-state index contributed by atoms with van der Waals surface area (Å²) in [6.45, 7) is 0. The molecule has 0 aromatic carbocycles. The fraction of sp³-hybridized carbons (Fsp3) is 0. The van der Waals surface area contributed by atoms with Crippen molar-refractivity contribution in [1.29, 1.82) is 0 Å². The molecule has 0 radical (unpaired) electrons. The molecular weight excluding hydrogens is 280 g/mol. The largest absolute Gasteiger partial charge is 0.464 e. The summed E-state index contributed by atoms with van der Waals surface area (Å²) in [6, 6.07) is 7.19. The lowest BCUT2D eigenvalue weighted by molar-refractivity contribution is 0.536. The standard InChI is InChI=1S/C14H7ClN2O3/c15-13-11-10(8-3-1-5-18-8)12(9-4-2-6-19-9)20-14(11)17-7-16-13/h1-7H. The summed E-state index contributed by atoms with van der Waals surface area (Å²) in [5, 5.41) is 0.915. The normalized spacial score (nSPS) is 11.2. The molecule has 0 unspecified atom stereocenters. The van der Waals surface area contributed by atoms with Crippen molar-refractivity contribution < 1.29 is 13.3 Å². The Morgan fingerprint density at radius 2 is 1.70 bits per heavy atom. The van der Waals surface area contributed by atoms with Crippen LogP contribution in [0.2, 0.25) is 5.15 Å². The Hall–Kier alpha value is -2.53. The molecule has 98 valence electrons. The van der Waals surface area contributed by atoms with Gasteiger partial charge >= 0.3 is 0 Å². The lowest BCUT2D eigenvalue weighted by Crippen LogP contribution is -1.81. The third kappa shape index (κ3) is 1.57. The first-order valence-electron chi connectivity index (χ1n) is 5.85. The lowest BCUT2D eigenvalue weighted by Gasteiger charge is -1.97. The first-order chi connectivity index (χ1) is 9.84. The zero-order valence-corrected chi connectivity index (χ0v) is 10.8. The fourth-order valence-electron chi connectivity index (χ4n) is 2.14. The summed E-state index contributed by atoms with van der Waals surface area (Å²) in [5.41, 5.74) is 1.08. The highest BCUT2D eigenvalue weighted by Gasteiger charge is 2.24. The number of halogens is 1. The number of furan rings is 3. The maximum atomic E-state index is 6.17. The average molecular weight is 287 g/mol. The number of rotatable bonds is 2. The van der Waals surface area contributed by atoms with Gasteiger partial charge < -0.3 is 13.3 Å². The molecule has 0 atom stereocenters. The van der Waals surface area contributed by atoms with Gasteiger partial charge in [-0.25, -0.2) is 9.97 Å². The summed E-state index contributed by atoms with van der Waals surface area (Å²) in [7, 11) is 0. The van der Waals surface area contributed by atoms with Crippen LogP contribution in [0.3, 0.4) is 0 Å². The summed E-state index contributed by atoms with van der Waals surface area (Å²) >= 11 is 6.17. The number of fused-ring (bicyclic) bond motifs is 1. The van der Waals surface area contributed by atoms with Crippen LogP contribution in [0.4, 0.5) is 0 Å². The Morgan fingerprint density at radius 3 is 2.40 bits per heavy atom. The zero-order chi connectivity index (χ0) is 13.5. The van der Waals surface area contributed by atoms with Crippen LogP contribution in [0.5, 0.6) is 0 Å². The van der Waals surface area contributed by atoms with E-state index in [0.717, 1.165) is 0 Å². The Bertz CT molecular complexity index is 864. The maximum absolute atomic E-state index is 6.17. The van der Waals surface area contributed by atoms with E-state index in [9.17, 15) is 0 Å². The number of aromatic nitrogens is 2. The molecular formula is C14H7ClN2O3. The molecule has 0 amide bonds. The van der Waals surface area contributed by atoms with E-state index in [1.807, 2.05) is 6.07 Å². The highest BCUT2D eigenvalue weighted by Crippen LogP contribution is 2.42. The van der Waals surface area contributed by atoms with E-state index >= 15 is 0 Å². The van der Waals surface area contributed by atoms with Gasteiger partial charge in [0.2, 0.25) is 5.71 Å². The van der Waals surface area contributed by atoms with E-state index in [1.165, 1.54) is 6.33 Å². The van der Waals surface area contributed by atoms with E-state index in [0.29, 0.717) is 39.1 Å². The van der Waals surface area contributed by atoms with E-state index in [-0.39, 0.29) is 0 Å². The summed E-state index contributed by atoms with van der Waals surface area (Å²) in [6.07, 6.45) is 4.51. The Kier molecular flexibility index (Phi) is 2.40. The average Bonchev–Trinajstić information content (AvgIpc) is 3.18. The van der Waals surface area contributed by atoms with Crippen LogP contribution in [0.15, 0.2) is 56.4 Å². The summed E-state index contributed by atoms with van der Waals surface area (Å²) in [4.78, 5) is 8.09. The highest BCUT2D eigenvalue weighted by molar-refractivity contribution is 6.35. The van der Waals surface area contributed by atoms with Crippen molar-refractivity contribution in [2.45, 2.75) is 0 Å². The van der Waals surface area contributed by atoms with Gasteiger partial charge in [-0.05, 0) is 24.3 Å². The van der Waals surface area contributed by atoms with Gasteiger partial charge in [0.1, 0.15) is 17.2 Å². The minimum absolute atomic E-state index is 0.308. The molecule has 20 heavy (non-hydrogen) atoms. The Labute approximate surface area is 117 Å². The molecule has 6 heteroatoms. The Balaban J connectivity index is 2.14. The third-order valence-electron chi connectivity index (χ3n) is 2.95. The molecule has 4 aromatic rings. The molecule has 4 aromatic heterocycles. The van der Waals surface area contributed by atoms with Crippen LogP contribution >= 0.6 is 11.6 Å².